The number of carbonyl (C=O) groups is 1. The number of carbonyl (C=O) groups excluding carboxylic acids is 1. The van der Waals surface area contributed by atoms with Gasteiger partial charge in [-0.1, -0.05) is 12.1 Å². The highest BCUT2D eigenvalue weighted by molar-refractivity contribution is 5.87. The van der Waals surface area contributed by atoms with Gasteiger partial charge in [-0.3, -0.25) is 0 Å². The van der Waals surface area contributed by atoms with E-state index in [0.29, 0.717) is 11.6 Å². The van der Waals surface area contributed by atoms with E-state index < -0.39 is 5.97 Å². The molecule has 0 aliphatic rings. The first-order chi connectivity index (χ1) is 11.2. The molecule has 0 unspecified atom stereocenters. The first kappa shape index (κ1) is 14.7. The number of nitrogens with zero attached hydrogens (tertiary/aromatic N) is 4. The number of rotatable bonds is 4. The molecule has 0 atom stereocenters. The largest absolute Gasteiger partial charge is 0.464 e. The van der Waals surface area contributed by atoms with Gasteiger partial charge in [-0.25, -0.2) is 19.4 Å². The summed E-state index contributed by atoms with van der Waals surface area (Å²) >= 11 is 0. The lowest BCUT2D eigenvalue weighted by atomic mass is 10.2. The Morgan fingerprint density at radius 2 is 2.04 bits per heavy atom. The average Bonchev–Trinajstić information content (AvgIpc) is 3.08. The number of benzene rings is 1. The highest BCUT2D eigenvalue weighted by Crippen LogP contribution is 2.22. The molecular formula is C16H15N5O2. The summed E-state index contributed by atoms with van der Waals surface area (Å²) < 4.78 is 6.44. The van der Waals surface area contributed by atoms with E-state index in [-0.39, 0.29) is 5.69 Å². The van der Waals surface area contributed by atoms with E-state index in [2.05, 4.69) is 20.4 Å². The molecule has 0 radical (unpaired) electrons. The maximum Gasteiger partial charge on any atom is 0.356 e. The number of methoxy groups -OCH3 is 1. The zero-order chi connectivity index (χ0) is 16.2. The molecule has 1 aromatic carbocycles. The van der Waals surface area contributed by atoms with E-state index in [4.69, 9.17) is 4.74 Å². The van der Waals surface area contributed by atoms with Crippen LogP contribution in [-0.2, 0) is 4.74 Å². The highest BCUT2D eigenvalue weighted by Gasteiger charge is 2.12. The van der Waals surface area contributed by atoms with Gasteiger partial charge in [0, 0.05) is 18.1 Å². The van der Waals surface area contributed by atoms with Crippen molar-refractivity contribution in [2.45, 2.75) is 6.92 Å². The topological polar surface area (TPSA) is 81.9 Å². The Morgan fingerprint density at radius 3 is 2.78 bits per heavy atom. The third kappa shape index (κ3) is 3.18. The first-order valence-electron chi connectivity index (χ1n) is 6.97. The van der Waals surface area contributed by atoms with Gasteiger partial charge in [-0.2, -0.15) is 5.10 Å². The van der Waals surface area contributed by atoms with Crippen LogP contribution in [0.15, 0.2) is 48.8 Å². The van der Waals surface area contributed by atoms with Crippen molar-refractivity contribution >= 4 is 17.6 Å². The number of esters is 1. The molecule has 0 fully saturated rings. The molecule has 0 aliphatic carbocycles. The lowest BCUT2D eigenvalue weighted by Gasteiger charge is -2.11. The smallest absolute Gasteiger partial charge is 0.356 e. The normalized spacial score (nSPS) is 10.3. The maximum absolute atomic E-state index is 11.7. The van der Waals surface area contributed by atoms with Crippen LogP contribution in [0.25, 0.3) is 5.69 Å². The lowest BCUT2D eigenvalue weighted by molar-refractivity contribution is 0.0594. The Bertz CT molecular complexity index is 830. The number of hydrogen-bond acceptors (Lipinski definition) is 6. The van der Waals surface area contributed by atoms with Crippen LogP contribution in [0.3, 0.4) is 0 Å². The summed E-state index contributed by atoms with van der Waals surface area (Å²) in [5.74, 6) is -0.177. The molecule has 0 saturated carbocycles. The van der Waals surface area contributed by atoms with Gasteiger partial charge in [-0.05, 0) is 31.2 Å². The van der Waals surface area contributed by atoms with Crippen molar-refractivity contribution in [1.29, 1.82) is 0 Å². The molecule has 2 aromatic heterocycles. The van der Waals surface area contributed by atoms with Crippen molar-refractivity contribution in [3.8, 4) is 5.69 Å². The molecule has 7 heteroatoms. The second kappa shape index (κ2) is 6.27. The highest BCUT2D eigenvalue weighted by atomic mass is 16.5. The van der Waals surface area contributed by atoms with E-state index in [9.17, 15) is 4.79 Å². The molecule has 0 bridgehead atoms. The van der Waals surface area contributed by atoms with Gasteiger partial charge in [0.1, 0.15) is 0 Å². The van der Waals surface area contributed by atoms with Gasteiger partial charge in [-0.15, -0.1) is 0 Å². The maximum atomic E-state index is 11.7. The predicted molar refractivity (Wildman–Crippen MR) is 85.0 cm³/mol. The van der Waals surface area contributed by atoms with Crippen molar-refractivity contribution < 1.29 is 9.53 Å². The quantitative estimate of drug-likeness (QED) is 0.746. The summed E-state index contributed by atoms with van der Waals surface area (Å²) in [6.07, 6.45) is 3.55. The van der Waals surface area contributed by atoms with Gasteiger partial charge in [0.2, 0.25) is 5.95 Å². The Labute approximate surface area is 133 Å². The minimum Gasteiger partial charge on any atom is -0.464 e. The van der Waals surface area contributed by atoms with Crippen LogP contribution in [-0.4, -0.2) is 32.8 Å². The summed E-state index contributed by atoms with van der Waals surface area (Å²) in [6.45, 7) is 1.79. The molecule has 0 amide bonds. The summed E-state index contributed by atoms with van der Waals surface area (Å²) in [7, 11) is 1.32. The van der Waals surface area contributed by atoms with Crippen LogP contribution < -0.4 is 5.32 Å². The van der Waals surface area contributed by atoms with E-state index in [1.54, 1.807) is 23.9 Å². The van der Waals surface area contributed by atoms with E-state index in [1.807, 2.05) is 36.5 Å². The molecule has 2 heterocycles. The summed E-state index contributed by atoms with van der Waals surface area (Å²) in [5, 5.41) is 7.36. The van der Waals surface area contributed by atoms with Crippen molar-refractivity contribution in [3.05, 3.63) is 60.2 Å². The van der Waals surface area contributed by atoms with Gasteiger partial charge in [0.15, 0.2) is 5.69 Å². The number of hydrogen-bond donors (Lipinski definition) is 1. The van der Waals surface area contributed by atoms with Crippen LogP contribution in [0.5, 0.6) is 0 Å². The van der Waals surface area contributed by atoms with Gasteiger partial charge in [0.05, 0.1) is 18.5 Å². The van der Waals surface area contributed by atoms with Crippen molar-refractivity contribution in [1.82, 2.24) is 19.7 Å². The summed E-state index contributed by atoms with van der Waals surface area (Å²) in [4.78, 5) is 20.2. The molecule has 7 nitrogen and oxygen atoms in total. The van der Waals surface area contributed by atoms with Crippen LogP contribution in [0, 0.1) is 6.92 Å². The molecule has 0 aliphatic heterocycles. The Kier molecular flexibility index (Phi) is 4.01. The Balaban J connectivity index is 1.97. The number of ether oxygens (including phenoxy) is 1. The standard InChI is InChI=1S/C16H15N5O2/c1-11-10-13(15(22)23-2)20-16(18-11)19-12-6-3-4-7-14(12)21-9-5-8-17-21/h3-10H,1-2H3,(H,18,19,20). The predicted octanol–water partition coefficient (Wildman–Crippen LogP) is 2.50. The summed E-state index contributed by atoms with van der Waals surface area (Å²) in [5.41, 5.74) is 2.50. The molecule has 1 N–H and O–H groups in total. The van der Waals surface area contributed by atoms with E-state index in [0.717, 1.165) is 11.4 Å². The number of para-hydroxylation sites is 2. The second-order valence-corrected chi connectivity index (χ2v) is 4.80. The molecule has 3 aromatic rings. The molecule has 23 heavy (non-hydrogen) atoms. The molecule has 3 rings (SSSR count). The fourth-order valence-electron chi connectivity index (χ4n) is 2.14. The number of aryl methyl sites for hydroxylation is 1. The lowest BCUT2D eigenvalue weighted by Crippen LogP contribution is -2.09. The van der Waals surface area contributed by atoms with Crippen LogP contribution in [0.1, 0.15) is 16.2 Å². The monoisotopic (exact) mass is 309 g/mol. The number of aromatic nitrogens is 4. The van der Waals surface area contributed by atoms with Gasteiger partial charge >= 0.3 is 5.97 Å². The van der Waals surface area contributed by atoms with E-state index in [1.165, 1.54) is 7.11 Å². The molecule has 0 spiro atoms. The SMILES string of the molecule is COC(=O)c1cc(C)nc(Nc2ccccc2-n2cccn2)n1. The number of anilines is 2. The average molecular weight is 309 g/mol. The van der Waals surface area contributed by atoms with Crippen LogP contribution in [0.4, 0.5) is 11.6 Å². The fraction of sp³-hybridized carbons (Fsp3) is 0.125. The minimum absolute atomic E-state index is 0.207. The molecule has 0 saturated heterocycles. The third-order valence-electron chi connectivity index (χ3n) is 3.15. The summed E-state index contributed by atoms with van der Waals surface area (Å²) in [6, 6.07) is 11.0. The number of nitrogens with one attached hydrogen (secondary N) is 1. The van der Waals surface area contributed by atoms with Crippen LogP contribution >= 0.6 is 0 Å². The second-order valence-electron chi connectivity index (χ2n) is 4.80. The van der Waals surface area contributed by atoms with Crippen molar-refractivity contribution in [2.24, 2.45) is 0 Å². The van der Waals surface area contributed by atoms with E-state index >= 15 is 0 Å². The Morgan fingerprint density at radius 1 is 1.22 bits per heavy atom. The van der Waals surface area contributed by atoms with Crippen molar-refractivity contribution in [3.63, 3.8) is 0 Å². The third-order valence-corrected chi connectivity index (χ3v) is 3.15. The molecule has 116 valence electrons. The van der Waals surface area contributed by atoms with Gasteiger partial charge < -0.3 is 10.1 Å². The Hall–Kier alpha value is -3.22. The van der Waals surface area contributed by atoms with Crippen molar-refractivity contribution in [2.75, 3.05) is 12.4 Å². The van der Waals surface area contributed by atoms with Gasteiger partial charge in [0.25, 0.3) is 0 Å². The zero-order valence-corrected chi connectivity index (χ0v) is 12.7. The molecular weight excluding hydrogens is 294 g/mol. The fourth-order valence-corrected chi connectivity index (χ4v) is 2.14. The zero-order valence-electron chi connectivity index (χ0n) is 12.7. The minimum atomic E-state index is -0.501. The first-order valence-corrected chi connectivity index (χ1v) is 6.97. The van der Waals surface area contributed by atoms with Crippen LogP contribution in [0.2, 0.25) is 0 Å².